The number of nitrogens with zero attached hydrogens (tertiary/aromatic N) is 4. The summed E-state index contributed by atoms with van der Waals surface area (Å²) in [7, 11) is 0. The molecule has 3 aromatic heterocycles. The smallest absolute Gasteiger partial charge is 0.267 e. The standard InChI is InChI=1S/C15H15N5O3/c1-9-2-3-13(21)20(19-9)12-8-22-7-11(12)17-15-14-10(4-5-23-14)6-16-18-15/h2-6,11-12H,7-8H2,1H3,(H,17,18). The van der Waals surface area contributed by atoms with Gasteiger partial charge in [0.2, 0.25) is 0 Å². The molecule has 4 heterocycles. The summed E-state index contributed by atoms with van der Waals surface area (Å²) in [6.07, 6.45) is 3.23. The number of furan rings is 1. The van der Waals surface area contributed by atoms with Crippen LogP contribution in [0.15, 0.2) is 39.9 Å². The number of nitrogens with one attached hydrogen (secondary N) is 1. The van der Waals surface area contributed by atoms with Gasteiger partial charge in [-0.2, -0.15) is 10.2 Å². The first-order valence-electron chi connectivity index (χ1n) is 7.32. The molecule has 2 atom stereocenters. The highest BCUT2D eigenvalue weighted by Gasteiger charge is 2.32. The molecule has 0 aromatic carbocycles. The van der Waals surface area contributed by atoms with E-state index in [0.717, 1.165) is 11.1 Å². The molecule has 1 N–H and O–H groups in total. The fraction of sp³-hybridized carbons (Fsp3) is 0.333. The van der Waals surface area contributed by atoms with Gasteiger partial charge in [0.25, 0.3) is 5.56 Å². The summed E-state index contributed by atoms with van der Waals surface area (Å²) in [6, 6.07) is 4.68. The number of ether oxygens (including phenoxy) is 1. The Labute approximate surface area is 131 Å². The molecular weight excluding hydrogens is 298 g/mol. The zero-order chi connectivity index (χ0) is 15.8. The van der Waals surface area contributed by atoms with E-state index in [1.807, 2.05) is 13.0 Å². The highest BCUT2D eigenvalue weighted by Crippen LogP contribution is 2.25. The van der Waals surface area contributed by atoms with Crippen molar-refractivity contribution in [2.24, 2.45) is 0 Å². The highest BCUT2D eigenvalue weighted by atomic mass is 16.5. The molecule has 8 heteroatoms. The van der Waals surface area contributed by atoms with Crippen LogP contribution in [0.1, 0.15) is 11.7 Å². The van der Waals surface area contributed by atoms with Crippen LogP contribution in [0, 0.1) is 6.92 Å². The lowest BCUT2D eigenvalue weighted by atomic mass is 10.1. The molecule has 1 aliphatic heterocycles. The first-order valence-corrected chi connectivity index (χ1v) is 7.32. The number of aromatic nitrogens is 4. The average molecular weight is 313 g/mol. The Morgan fingerprint density at radius 3 is 3.13 bits per heavy atom. The Morgan fingerprint density at radius 2 is 2.22 bits per heavy atom. The molecular formula is C15H15N5O3. The van der Waals surface area contributed by atoms with E-state index in [4.69, 9.17) is 9.15 Å². The zero-order valence-electron chi connectivity index (χ0n) is 12.5. The van der Waals surface area contributed by atoms with Gasteiger partial charge in [-0.3, -0.25) is 4.79 Å². The predicted molar refractivity (Wildman–Crippen MR) is 82.3 cm³/mol. The third-order valence-corrected chi connectivity index (χ3v) is 3.91. The van der Waals surface area contributed by atoms with Gasteiger partial charge in [-0.05, 0) is 19.1 Å². The van der Waals surface area contributed by atoms with Crippen LogP contribution >= 0.6 is 0 Å². The monoisotopic (exact) mass is 313 g/mol. The molecule has 0 radical (unpaired) electrons. The fourth-order valence-corrected chi connectivity index (χ4v) is 2.76. The minimum absolute atomic E-state index is 0.146. The second kappa shape index (κ2) is 5.47. The molecule has 0 aliphatic carbocycles. The number of aryl methyl sites for hydroxylation is 1. The average Bonchev–Trinajstić information content (AvgIpc) is 3.19. The number of hydrogen-bond acceptors (Lipinski definition) is 7. The maximum Gasteiger partial charge on any atom is 0.267 e. The van der Waals surface area contributed by atoms with Crippen molar-refractivity contribution in [2.45, 2.75) is 19.0 Å². The lowest BCUT2D eigenvalue weighted by Gasteiger charge is -2.20. The minimum Gasteiger partial charge on any atom is -0.460 e. The Hall–Kier alpha value is -2.74. The summed E-state index contributed by atoms with van der Waals surface area (Å²) in [5.74, 6) is 0.536. The summed E-state index contributed by atoms with van der Waals surface area (Å²) < 4.78 is 12.5. The Morgan fingerprint density at radius 1 is 1.30 bits per heavy atom. The fourth-order valence-electron chi connectivity index (χ4n) is 2.76. The molecule has 0 saturated carbocycles. The van der Waals surface area contributed by atoms with Crippen LogP contribution < -0.4 is 10.9 Å². The van der Waals surface area contributed by atoms with Crippen molar-refractivity contribution in [1.29, 1.82) is 0 Å². The summed E-state index contributed by atoms with van der Waals surface area (Å²) in [5, 5.41) is 16.5. The summed E-state index contributed by atoms with van der Waals surface area (Å²) in [6.45, 7) is 2.71. The van der Waals surface area contributed by atoms with E-state index in [-0.39, 0.29) is 17.6 Å². The number of anilines is 1. The van der Waals surface area contributed by atoms with Gasteiger partial charge in [0.15, 0.2) is 11.4 Å². The van der Waals surface area contributed by atoms with E-state index >= 15 is 0 Å². The molecule has 0 amide bonds. The molecule has 8 nitrogen and oxygen atoms in total. The first-order chi connectivity index (χ1) is 11.2. The van der Waals surface area contributed by atoms with Crippen LogP contribution in [0.4, 0.5) is 5.82 Å². The molecule has 0 spiro atoms. The van der Waals surface area contributed by atoms with Gasteiger partial charge in [0.1, 0.15) is 6.04 Å². The van der Waals surface area contributed by atoms with Crippen LogP contribution in [-0.2, 0) is 4.74 Å². The Kier molecular flexibility index (Phi) is 3.30. The van der Waals surface area contributed by atoms with Crippen molar-refractivity contribution in [1.82, 2.24) is 20.0 Å². The van der Waals surface area contributed by atoms with Gasteiger partial charge < -0.3 is 14.5 Å². The maximum atomic E-state index is 12.1. The van der Waals surface area contributed by atoms with Gasteiger partial charge in [-0.15, -0.1) is 5.10 Å². The molecule has 23 heavy (non-hydrogen) atoms. The lowest BCUT2D eigenvalue weighted by Crippen LogP contribution is -2.37. The Balaban J connectivity index is 1.67. The molecule has 0 bridgehead atoms. The van der Waals surface area contributed by atoms with E-state index in [9.17, 15) is 4.79 Å². The van der Waals surface area contributed by atoms with E-state index in [1.54, 1.807) is 18.5 Å². The van der Waals surface area contributed by atoms with Crippen molar-refractivity contribution >= 4 is 16.8 Å². The zero-order valence-corrected chi connectivity index (χ0v) is 12.5. The van der Waals surface area contributed by atoms with E-state index < -0.39 is 0 Å². The van der Waals surface area contributed by atoms with Crippen LogP contribution in [0.3, 0.4) is 0 Å². The molecule has 2 unspecified atom stereocenters. The summed E-state index contributed by atoms with van der Waals surface area (Å²) >= 11 is 0. The minimum atomic E-state index is -0.214. The van der Waals surface area contributed by atoms with E-state index in [2.05, 4.69) is 20.6 Å². The predicted octanol–water partition coefficient (Wildman–Crippen LogP) is 1.14. The second-order valence-electron chi connectivity index (χ2n) is 5.51. The second-order valence-corrected chi connectivity index (χ2v) is 5.51. The largest absolute Gasteiger partial charge is 0.460 e. The summed E-state index contributed by atoms with van der Waals surface area (Å²) in [4.78, 5) is 12.1. The molecule has 3 aromatic rings. The van der Waals surface area contributed by atoms with Crippen LogP contribution in [0.2, 0.25) is 0 Å². The first kappa shape index (κ1) is 13.9. The van der Waals surface area contributed by atoms with Crippen molar-refractivity contribution in [3.05, 3.63) is 46.7 Å². The van der Waals surface area contributed by atoms with Crippen molar-refractivity contribution < 1.29 is 9.15 Å². The van der Waals surface area contributed by atoms with Crippen LogP contribution in [0.25, 0.3) is 11.0 Å². The lowest BCUT2D eigenvalue weighted by molar-refractivity contribution is 0.182. The third kappa shape index (κ3) is 2.46. The molecule has 1 fully saturated rings. The SMILES string of the molecule is Cc1ccc(=O)n(C2COCC2Nc2nncc3ccoc23)n1. The highest BCUT2D eigenvalue weighted by molar-refractivity contribution is 5.85. The van der Waals surface area contributed by atoms with Crippen molar-refractivity contribution in [3.63, 3.8) is 0 Å². The molecule has 1 saturated heterocycles. The topological polar surface area (TPSA) is 95.1 Å². The molecule has 4 rings (SSSR count). The van der Waals surface area contributed by atoms with E-state index in [1.165, 1.54) is 10.7 Å². The Bertz CT molecular complexity index is 903. The van der Waals surface area contributed by atoms with Gasteiger partial charge in [0.05, 0.1) is 37.4 Å². The molecule has 1 aliphatic rings. The number of hydrogen-bond donors (Lipinski definition) is 1. The van der Waals surface area contributed by atoms with Gasteiger partial charge in [0, 0.05) is 11.5 Å². The van der Waals surface area contributed by atoms with Crippen LogP contribution in [0.5, 0.6) is 0 Å². The van der Waals surface area contributed by atoms with Gasteiger partial charge in [-0.25, -0.2) is 4.68 Å². The van der Waals surface area contributed by atoms with E-state index in [0.29, 0.717) is 24.6 Å². The maximum absolute atomic E-state index is 12.1. The number of rotatable bonds is 3. The number of fused-ring (bicyclic) bond motifs is 1. The third-order valence-electron chi connectivity index (χ3n) is 3.91. The van der Waals surface area contributed by atoms with Crippen molar-refractivity contribution in [3.8, 4) is 0 Å². The van der Waals surface area contributed by atoms with Gasteiger partial charge >= 0.3 is 0 Å². The normalized spacial score (nSPS) is 20.9. The van der Waals surface area contributed by atoms with Crippen LogP contribution in [-0.4, -0.2) is 39.2 Å². The quantitative estimate of drug-likeness (QED) is 0.774. The molecule has 118 valence electrons. The van der Waals surface area contributed by atoms with Gasteiger partial charge in [-0.1, -0.05) is 0 Å². The van der Waals surface area contributed by atoms with Crippen molar-refractivity contribution in [2.75, 3.05) is 18.5 Å². The summed E-state index contributed by atoms with van der Waals surface area (Å²) in [5.41, 5.74) is 1.26.